The van der Waals surface area contributed by atoms with Gasteiger partial charge in [-0.05, 0) is 46.1 Å². The van der Waals surface area contributed by atoms with Crippen molar-refractivity contribution in [2.24, 2.45) is 5.73 Å². The Balaban J connectivity index is 2.46. The van der Waals surface area contributed by atoms with Crippen molar-refractivity contribution in [1.29, 1.82) is 5.26 Å². The van der Waals surface area contributed by atoms with Gasteiger partial charge in [-0.15, -0.1) is 0 Å². The van der Waals surface area contributed by atoms with Crippen LogP contribution in [0.2, 0.25) is 5.02 Å². The van der Waals surface area contributed by atoms with E-state index in [1.807, 2.05) is 0 Å². The number of hydrogen-bond acceptors (Lipinski definition) is 7. The number of methoxy groups -OCH3 is 2. The zero-order valence-electron chi connectivity index (χ0n) is 17.5. The number of nitrogens with zero attached hydrogens (tertiary/aromatic N) is 2. The van der Waals surface area contributed by atoms with Gasteiger partial charge in [0.25, 0.3) is 0 Å². The first-order chi connectivity index (χ1) is 15.3. The number of rotatable bonds is 4. The second-order valence-corrected chi connectivity index (χ2v) is 8.07. The first-order valence-corrected chi connectivity index (χ1v) is 10.6. The van der Waals surface area contributed by atoms with E-state index in [-0.39, 0.29) is 22.7 Å². The third kappa shape index (κ3) is 3.85. The predicted octanol–water partition coefficient (Wildman–Crippen LogP) is 4.31. The van der Waals surface area contributed by atoms with Crippen molar-refractivity contribution in [3.8, 4) is 6.07 Å². The minimum atomic E-state index is -0.926. The average molecular weight is 517 g/mol. The van der Waals surface area contributed by atoms with Gasteiger partial charge in [0.2, 0.25) is 0 Å². The minimum Gasteiger partial charge on any atom is -0.466 e. The molecule has 2 aromatic carbocycles. The summed E-state index contributed by atoms with van der Waals surface area (Å²) in [5.74, 6) is -2.55. The first kappa shape index (κ1) is 23.4. The number of carbonyl (C=O) groups is 2. The van der Waals surface area contributed by atoms with Gasteiger partial charge in [-0.2, -0.15) is 5.26 Å². The standard InChI is InChI=1S/C23H19BrClN3O4/c1-12-16(10-9-15(24)19(12)25)28-20(23(30)32-3)18(22(29)31-2)17(14(11-26)21(28)27)13-7-5-4-6-8-13/h4-10,17H,27H2,1-3H3. The highest BCUT2D eigenvalue weighted by molar-refractivity contribution is 9.10. The molecule has 0 aromatic heterocycles. The monoisotopic (exact) mass is 515 g/mol. The summed E-state index contributed by atoms with van der Waals surface area (Å²) in [6.45, 7) is 1.73. The third-order valence-electron chi connectivity index (χ3n) is 5.16. The second-order valence-electron chi connectivity index (χ2n) is 6.84. The van der Waals surface area contributed by atoms with Crippen LogP contribution in [0.5, 0.6) is 0 Å². The molecule has 0 bridgehead atoms. The lowest BCUT2D eigenvalue weighted by Crippen LogP contribution is -2.41. The van der Waals surface area contributed by atoms with Crippen LogP contribution in [0.25, 0.3) is 0 Å². The number of ether oxygens (including phenoxy) is 2. The Hall–Kier alpha value is -3.28. The fourth-order valence-corrected chi connectivity index (χ4v) is 4.24. The molecule has 0 radical (unpaired) electrons. The fourth-order valence-electron chi connectivity index (χ4n) is 3.65. The van der Waals surface area contributed by atoms with E-state index in [1.165, 1.54) is 19.1 Å². The van der Waals surface area contributed by atoms with Gasteiger partial charge in [0.15, 0.2) is 0 Å². The second kappa shape index (κ2) is 9.47. The van der Waals surface area contributed by atoms with E-state index in [4.69, 9.17) is 26.8 Å². The topological polar surface area (TPSA) is 106 Å². The summed E-state index contributed by atoms with van der Waals surface area (Å²) in [4.78, 5) is 27.4. The molecule has 1 unspecified atom stereocenters. The molecule has 0 spiro atoms. The molecule has 1 atom stereocenters. The molecule has 2 N–H and O–H groups in total. The first-order valence-electron chi connectivity index (χ1n) is 9.38. The molecule has 1 heterocycles. The van der Waals surface area contributed by atoms with Crippen molar-refractivity contribution in [1.82, 2.24) is 0 Å². The van der Waals surface area contributed by atoms with Gasteiger partial charge in [0, 0.05) is 4.47 Å². The van der Waals surface area contributed by atoms with Crippen LogP contribution in [0, 0.1) is 18.3 Å². The molecule has 1 aliphatic rings. The number of hydrogen-bond donors (Lipinski definition) is 1. The SMILES string of the molecule is COC(=O)C1=C(C(=O)OC)N(c2ccc(Br)c(Cl)c2C)C(N)=C(C#N)C1c1ccccc1. The van der Waals surface area contributed by atoms with Crippen LogP contribution in [0.3, 0.4) is 0 Å². The molecule has 1 aliphatic heterocycles. The Labute approximate surface area is 198 Å². The quantitative estimate of drug-likeness (QED) is 0.604. The van der Waals surface area contributed by atoms with E-state index < -0.39 is 17.9 Å². The molecule has 7 nitrogen and oxygen atoms in total. The number of carbonyl (C=O) groups excluding carboxylic acids is 2. The van der Waals surface area contributed by atoms with Crippen LogP contribution in [-0.4, -0.2) is 26.2 Å². The van der Waals surface area contributed by atoms with Gasteiger partial charge >= 0.3 is 11.9 Å². The summed E-state index contributed by atoms with van der Waals surface area (Å²) in [5, 5.41) is 10.4. The summed E-state index contributed by atoms with van der Waals surface area (Å²) < 4.78 is 10.7. The Bertz CT molecular complexity index is 1200. The Morgan fingerprint density at radius 1 is 1.12 bits per heavy atom. The lowest BCUT2D eigenvalue weighted by Gasteiger charge is -2.36. The Kier molecular flexibility index (Phi) is 6.92. The Morgan fingerprint density at radius 2 is 1.75 bits per heavy atom. The van der Waals surface area contributed by atoms with E-state index in [1.54, 1.807) is 49.4 Å². The van der Waals surface area contributed by atoms with Crippen LogP contribution < -0.4 is 10.6 Å². The van der Waals surface area contributed by atoms with Gasteiger partial charge in [0.05, 0.1) is 48.1 Å². The molecule has 0 saturated heterocycles. The highest BCUT2D eigenvalue weighted by atomic mass is 79.9. The molecule has 0 saturated carbocycles. The minimum absolute atomic E-state index is 0.0177. The number of nitriles is 1. The summed E-state index contributed by atoms with van der Waals surface area (Å²) >= 11 is 9.78. The smallest absolute Gasteiger partial charge is 0.355 e. The fraction of sp³-hybridized carbons (Fsp3) is 0.174. The maximum absolute atomic E-state index is 13.0. The van der Waals surface area contributed by atoms with E-state index in [0.717, 1.165) is 0 Å². The zero-order valence-corrected chi connectivity index (χ0v) is 19.8. The lowest BCUT2D eigenvalue weighted by atomic mass is 9.81. The number of anilines is 1. The summed E-state index contributed by atoms with van der Waals surface area (Å²) in [5.41, 5.74) is 7.93. The summed E-state index contributed by atoms with van der Waals surface area (Å²) in [6.07, 6.45) is 0. The van der Waals surface area contributed by atoms with Crippen LogP contribution in [0.4, 0.5) is 5.69 Å². The predicted molar refractivity (Wildman–Crippen MR) is 123 cm³/mol. The number of benzene rings is 2. The summed E-state index contributed by atoms with van der Waals surface area (Å²) in [7, 11) is 2.40. The van der Waals surface area contributed by atoms with Crippen molar-refractivity contribution >= 4 is 45.2 Å². The van der Waals surface area contributed by atoms with E-state index >= 15 is 0 Å². The van der Waals surface area contributed by atoms with Gasteiger partial charge in [-0.25, -0.2) is 9.59 Å². The molecule has 0 amide bonds. The van der Waals surface area contributed by atoms with Crippen LogP contribution in [0.1, 0.15) is 17.0 Å². The zero-order chi connectivity index (χ0) is 23.6. The lowest BCUT2D eigenvalue weighted by molar-refractivity contribution is -0.139. The number of halogens is 2. The largest absolute Gasteiger partial charge is 0.466 e. The van der Waals surface area contributed by atoms with Crippen molar-refractivity contribution in [3.63, 3.8) is 0 Å². The number of nitrogens with two attached hydrogens (primary N) is 1. The molecule has 0 fully saturated rings. The van der Waals surface area contributed by atoms with Gasteiger partial charge in [-0.3, -0.25) is 4.90 Å². The number of allylic oxidation sites excluding steroid dienone is 1. The highest BCUT2D eigenvalue weighted by Crippen LogP contribution is 2.45. The van der Waals surface area contributed by atoms with Crippen LogP contribution >= 0.6 is 27.5 Å². The maximum Gasteiger partial charge on any atom is 0.355 e. The maximum atomic E-state index is 13.0. The number of esters is 2. The molecule has 9 heteroatoms. The molecule has 3 rings (SSSR count). The van der Waals surface area contributed by atoms with Crippen LogP contribution in [-0.2, 0) is 19.1 Å². The molecule has 32 heavy (non-hydrogen) atoms. The molecule has 2 aromatic rings. The average Bonchev–Trinajstić information content (AvgIpc) is 2.81. The van der Waals surface area contributed by atoms with Gasteiger partial charge in [0.1, 0.15) is 11.5 Å². The van der Waals surface area contributed by atoms with Gasteiger partial charge < -0.3 is 15.2 Å². The van der Waals surface area contributed by atoms with E-state index in [0.29, 0.717) is 26.3 Å². The van der Waals surface area contributed by atoms with Gasteiger partial charge in [-0.1, -0.05) is 41.9 Å². The van der Waals surface area contributed by atoms with Crippen molar-refractivity contribution < 1.29 is 19.1 Å². The van der Waals surface area contributed by atoms with Crippen molar-refractivity contribution in [3.05, 3.63) is 85.8 Å². The third-order valence-corrected chi connectivity index (χ3v) is 6.54. The molecular weight excluding hydrogens is 498 g/mol. The molecule has 164 valence electrons. The van der Waals surface area contributed by atoms with E-state index in [2.05, 4.69) is 22.0 Å². The van der Waals surface area contributed by atoms with Crippen molar-refractivity contribution in [2.75, 3.05) is 19.1 Å². The normalized spacial score (nSPS) is 16.0. The van der Waals surface area contributed by atoms with Crippen molar-refractivity contribution in [2.45, 2.75) is 12.8 Å². The molecular formula is C23H19BrClN3O4. The highest BCUT2D eigenvalue weighted by Gasteiger charge is 2.43. The Morgan fingerprint density at radius 3 is 2.31 bits per heavy atom. The van der Waals surface area contributed by atoms with Crippen LogP contribution in [0.15, 0.2) is 69.6 Å². The summed E-state index contributed by atoms with van der Waals surface area (Å²) in [6, 6.07) is 14.3. The molecule has 0 aliphatic carbocycles. The van der Waals surface area contributed by atoms with E-state index in [9.17, 15) is 14.9 Å².